The molecule has 0 fully saturated rings. The third kappa shape index (κ3) is 4.56. The number of pyridine rings is 1. The number of rotatable bonds is 6. The standard InChI is InChI=1S/C28H22N4O2/c1-32(28(33)20-8-3-2-4-9-20)22-11-7-12-23(18-22)34-24-14-15-25-26(30-31-27(25)19-24)16-13-21-10-5-6-17-29-21/h2-19H,1H3,(H,30,31)/b16-13+. The average molecular weight is 447 g/mol. The van der Waals surface area contributed by atoms with Crippen LogP contribution in [-0.2, 0) is 0 Å². The Morgan fingerprint density at radius 1 is 0.882 bits per heavy atom. The van der Waals surface area contributed by atoms with Gasteiger partial charge in [-0.05, 0) is 60.7 Å². The Morgan fingerprint density at radius 2 is 1.71 bits per heavy atom. The molecule has 1 amide bonds. The summed E-state index contributed by atoms with van der Waals surface area (Å²) in [6.07, 6.45) is 5.62. The van der Waals surface area contributed by atoms with Crippen LogP contribution in [0.4, 0.5) is 5.69 Å². The van der Waals surface area contributed by atoms with Crippen molar-refractivity contribution >= 4 is 34.6 Å². The van der Waals surface area contributed by atoms with Gasteiger partial charge in [-0.2, -0.15) is 5.10 Å². The zero-order valence-corrected chi connectivity index (χ0v) is 18.6. The van der Waals surface area contributed by atoms with Crippen LogP contribution in [-0.4, -0.2) is 28.1 Å². The van der Waals surface area contributed by atoms with Crippen LogP contribution in [0.2, 0.25) is 0 Å². The van der Waals surface area contributed by atoms with Crippen molar-refractivity contribution in [3.63, 3.8) is 0 Å². The molecular weight excluding hydrogens is 424 g/mol. The molecular formula is C28H22N4O2. The molecule has 166 valence electrons. The maximum absolute atomic E-state index is 12.8. The number of aromatic nitrogens is 3. The lowest BCUT2D eigenvalue weighted by atomic mass is 10.2. The van der Waals surface area contributed by atoms with Gasteiger partial charge in [-0.25, -0.2) is 0 Å². The Morgan fingerprint density at radius 3 is 2.53 bits per heavy atom. The first kappa shape index (κ1) is 21.2. The second kappa shape index (κ2) is 9.42. The number of hydrogen-bond acceptors (Lipinski definition) is 4. The third-order valence-corrected chi connectivity index (χ3v) is 5.43. The summed E-state index contributed by atoms with van der Waals surface area (Å²) < 4.78 is 6.09. The van der Waals surface area contributed by atoms with Crippen molar-refractivity contribution in [2.45, 2.75) is 0 Å². The largest absolute Gasteiger partial charge is 0.457 e. The minimum absolute atomic E-state index is 0.0806. The topological polar surface area (TPSA) is 71.1 Å². The van der Waals surface area contributed by atoms with Crippen LogP contribution in [0.5, 0.6) is 11.5 Å². The summed E-state index contributed by atoms with van der Waals surface area (Å²) in [5, 5.41) is 8.45. The highest BCUT2D eigenvalue weighted by Crippen LogP contribution is 2.29. The van der Waals surface area contributed by atoms with Crippen LogP contribution in [0, 0.1) is 0 Å². The monoisotopic (exact) mass is 446 g/mol. The number of benzene rings is 3. The molecule has 5 rings (SSSR count). The van der Waals surface area contributed by atoms with Gasteiger partial charge in [0, 0.05) is 42.0 Å². The van der Waals surface area contributed by atoms with E-state index in [4.69, 9.17) is 4.74 Å². The molecule has 0 aliphatic heterocycles. The van der Waals surface area contributed by atoms with E-state index in [9.17, 15) is 4.79 Å². The van der Waals surface area contributed by atoms with E-state index in [1.165, 1.54) is 0 Å². The molecule has 1 N–H and O–H groups in total. The number of carbonyl (C=O) groups excluding carboxylic acids is 1. The summed E-state index contributed by atoms with van der Waals surface area (Å²) in [5.74, 6) is 1.23. The minimum atomic E-state index is -0.0806. The van der Waals surface area contributed by atoms with Crippen LogP contribution >= 0.6 is 0 Å². The lowest BCUT2D eigenvalue weighted by molar-refractivity contribution is 0.0993. The first-order chi connectivity index (χ1) is 16.7. The number of aromatic amines is 1. The predicted octanol–water partition coefficient (Wildman–Crippen LogP) is 6.20. The Kier molecular flexibility index (Phi) is 5.86. The highest BCUT2D eigenvalue weighted by molar-refractivity contribution is 6.05. The van der Waals surface area contributed by atoms with Gasteiger partial charge in [0.25, 0.3) is 5.91 Å². The molecule has 3 aromatic carbocycles. The predicted molar refractivity (Wildman–Crippen MR) is 135 cm³/mol. The minimum Gasteiger partial charge on any atom is -0.457 e. The highest BCUT2D eigenvalue weighted by atomic mass is 16.5. The summed E-state index contributed by atoms with van der Waals surface area (Å²) in [4.78, 5) is 18.7. The van der Waals surface area contributed by atoms with E-state index < -0.39 is 0 Å². The lowest BCUT2D eigenvalue weighted by Crippen LogP contribution is -2.26. The fraction of sp³-hybridized carbons (Fsp3) is 0.0357. The second-order valence-electron chi connectivity index (χ2n) is 7.73. The normalized spacial score (nSPS) is 11.1. The van der Waals surface area contributed by atoms with Gasteiger partial charge >= 0.3 is 0 Å². The van der Waals surface area contributed by atoms with E-state index in [1.807, 2.05) is 91.0 Å². The van der Waals surface area contributed by atoms with Gasteiger partial charge in [0.15, 0.2) is 0 Å². The Balaban J connectivity index is 1.33. The number of hydrogen-bond donors (Lipinski definition) is 1. The van der Waals surface area contributed by atoms with Gasteiger partial charge in [-0.3, -0.25) is 14.9 Å². The molecule has 0 saturated carbocycles. The highest BCUT2D eigenvalue weighted by Gasteiger charge is 2.14. The molecule has 0 saturated heterocycles. The zero-order chi connectivity index (χ0) is 23.3. The van der Waals surface area contributed by atoms with E-state index in [1.54, 1.807) is 30.3 Å². The lowest BCUT2D eigenvalue weighted by Gasteiger charge is -2.18. The van der Waals surface area contributed by atoms with Crippen LogP contribution in [0.25, 0.3) is 23.1 Å². The van der Waals surface area contributed by atoms with E-state index in [-0.39, 0.29) is 5.91 Å². The fourth-order valence-electron chi connectivity index (χ4n) is 3.63. The SMILES string of the molecule is CN(C(=O)c1ccccc1)c1cccc(Oc2ccc3c(/C=C/c4ccccn4)n[nH]c3c2)c1. The molecule has 0 radical (unpaired) electrons. The number of carbonyl (C=O) groups is 1. The van der Waals surface area contributed by atoms with Gasteiger partial charge in [0.05, 0.1) is 16.9 Å². The molecule has 0 spiro atoms. The number of fused-ring (bicyclic) bond motifs is 1. The van der Waals surface area contributed by atoms with Crippen molar-refractivity contribution in [3.8, 4) is 11.5 Å². The maximum atomic E-state index is 12.8. The first-order valence-corrected chi connectivity index (χ1v) is 10.9. The zero-order valence-electron chi connectivity index (χ0n) is 18.6. The maximum Gasteiger partial charge on any atom is 0.258 e. The van der Waals surface area contributed by atoms with Crippen molar-refractivity contribution < 1.29 is 9.53 Å². The molecule has 0 atom stereocenters. The van der Waals surface area contributed by atoms with Gasteiger partial charge in [0.1, 0.15) is 11.5 Å². The molecule has 0 aliphatic carbocycles. The number of nitrogens with one attached hydrogen (secondary N) is 1. The Hall–Kier alpha value is -4.71. The second-order valence-corrected chi connectivity index (χ2v) is 7.73. The molecule has 6 nitrogen and oxygen atoms in total. The van der Waals surface area contributed by atoms with Crippen LogP contribution in [0.1, 0.15) is 21.7 Å². The van der Waals surface area contributed by atoms with E-state index in [2.05, 4.69) is 15.2 Å². The van der Waals surface area contributed by atoms with Crippen molar-refractivity contribution in [2.75, 3.05) is 11.9 Å². The summed E-state index contributed by atoms with van der Waals surface area (Å²) in [6, 6.07) is 28.2. The van der Waals surface area contributed by atoms with Crippen LogP contribution in [0.15, 0.2) is 97.2 Å². The van der Waals surface area contributed by atoms with E-state index >= 15 is 0 Å². The van der Waals surface area contributed by atoms with Crippen LogP contribution in [0.3, 0.4) is 0 Å². The molecule has 0 bridgehead atoms. The van der Waals surface area contributed by atoms with E-state index in [0.717, 1.165) is 28.0 Å². The quantitative estimate of drug-likeness (QED) is 0.337. The number of anilines is 1. The van der Waals surface area contributed by atoms with Crippen molar-refractivity contribution in [1.82, 2.24) is 15.2 Å². The molecule has 0 aliphatic rings. The van der Waals surface area contributed by atoms with E-state index in [0.29, 0.717) is 17.1 Å². The number of ether oxygens (including phenoxy) is 1. The molecule has 34 heavy (non-hydrogen) atoms. The Bertz CT molecular complexity index is 1460. The fourth-order valence-corrected chi connectivity index (χ4v) is 3.63. The summed E-state index contributed by atoms with van der Waals surface area (Å²) in [7, 11) is 1.76. The van der Waals surface area contributed by atoms with Gasteiger partial charge < -0.3 is 9.64 Å². The molecule has 6 heteroatoms. The molecule has 2 aromatic heterocycles. The van der Waals surface area contributed by atoms with Crippen LogP contribution < -0.4 is 9.64 Å². The average Bonchev–Trinajstić information content (AvgIpc) is 3.30. The summed E-state index contributed by atoms with van der Waals surface area (Å²) >= 11 is 0. The molecule has 2 heterocycles. The molecule has 5 aromatic rings. The number of H-pyrrole nitrogens is 1. The molecule has 0 unspecified atom stereocenters. The van der Waals surface area contributed by atoms with Gasteiger partial charge in [0.2, 0.25) is 0 Å². The van der Waals surface area contributed by atoms with Gasteiger partial charge in [-0.15, -0.1) is 0 Å². The third-order valence-electron chi connectivity index (χ3n) is 5.43. The number of amides is 1. The Labute approximate surface area is 197 Å². The smallest absolute Gasteiger partial charge is 0.258 e. The van der Waals surface area contributed by atoms with Gasteiger partial charge in [-0.1, -0.05) is 30.3 Å². The van der Waals surface area contributed by atoms with Crippen molar-refractivity contribution in [2.24, 2.45) is 0 Å². The van der Waals surface area contributed by atoms with Crippen molar-refractivity contribution in [1.29, 1.82) is 0 Å². The number of nitrogens with zero attached hydrogens (tertiary/aromatic N) is 3. The van der Waals surface area contributed by atoms with Crippen molar-refractivity contribution in [3.05, 3.63) is 114 Å². The summed E-state index contributed by atoms with van der Waals surface area (Å²) in [5.41, 5.74) is 3.94. The first-order valence-electron chi connectivity index (χ1n) is 10.9. The summed E-state index contributed by atoms with van der Waals surface area (Å²) in [6.45, 7) is 0.